The minimum atomic E-state index is 0.768. The van der Waals surface area contributed by atoms with E-state index >= 15 is 0 Å². The van der Waals surface area contributed by atoms with Gasteiger partial charge in [-0.1, -0.05) is 19.8 Å². The van der Waals surface area contributed by atoms with E-state index in [1.54, 1.807) is 0 Å². The molecule has 1 aliphatic heterocycles. The lowest BCUT2D eigenvalue weighted by molar-refractivity contribution is 0.0722. The molecule has 0 aromatic heterocycles. The quantitative estimate of drug-likeness (QED) is 0.714. The van der Waals surface area contributed by atoms with Gasteiger partial charge in [-0.3, -0.25) is 9.80 Å². The lowest BCUT2D eigenvalue weighted by Gasteiger charge is -2.40. The van der Waals surface area contributed by atoms with Gasteiger partial charge in [0.1, 0.15) is 0 Å². The molecule has 1 atom stereocenters. The Morgan fingerprint density at radius 3 is 2.42 bits per heavy atom. The van der Waals surface area contributed by atoms with Gasteiger partial charge in [0, 0.05) is 38.3 Å². The van der Waals surface area contributed by atoms with Crippen molar-refractivity contribution in [2.24, 2.45) is 0 Å². The minimum Gasteiger partial charge on any atom is -0.317 e. The molecule has 0 bridgehead atoms. The number of hydrogen-bond acceptors (Lipinski definition) is 3. The highest BCUT2D eigenvalue weighted by Gasteiger charge is 2.27. The molecular weight excluding hydrogens is 234 g/mol. The summed E-state index contributed by atoms with van der Waals surface area (Å²) in [5.74, 6) is 0. The molecule has 3 heteroatoms. The maximum atomic E-state index is 3.42. The summed E-state index contributed by atoms with van der Waals surface area (Å²) in [7, 11) is 0. The van der Waals surface area contributed by atoms with E-state index in [1.165, 1.54) is 71.2 Å². The second kappa shape index (κ2) is 8.23. The largest absolute Gasteiger partial charge is 0.317 e. The maximum absolute atomic E-state index is 3.42. The van der Waals surface area contributed by atoms with Crippen LogP contribution in [0.15, 0.2) is 0 Å². The molecule has 1 saturated carbocycles. The number of nitrogens with one attached hydrogen (secondary N) is 1. The number of hydrogen-bond donors (Lipinski definition) is 1. The molecule has 112 valence electrons. The zero-order valence-corrected chi connectivity index (χ0v) is 13.0. The predicted octanol–water partition coefficient (Wildman–Crippen LogP) is 2.32. The number of rotatable bonds is 7. The third-order valence-corrected chi connectivity index (χ3v) is 5.04. The Kier molecular flexibility index (Phi) is 6.62. The number of piperazine rings is 1. The summed E-state index contributed by atoms with van der Waals surface area (Å²) in [6.45, 7) is 12.1. The first-order valence-corrected chi connectivity index (χ1v) is 8.50. The summed E-state index contributed by atoms with van der Waals surface area (Å²) in [5, 5.41) is 3.42. The Bertz CT molecular complexity index is 230. The fourth-order valence-electron chi connectivity index (χ4n) is 3.69. The third kappa shape index (κ3) is 4.73. The molecule has 2 aliphatic rings. The van der Waals surface area contributed by atoms with E-state index in [4.69, 9.17) is 0 Å². The van der Waals surface area contributed by atoms with Crippen LogP contribution in [0.2, 0.25) is 0 Å². The molecule has 3 nitrogen and oxygen atoms in total. The van der Waals surface area contributed by atoms with Crippen molar-refractivity contribution in [3.63, 3.8) is 0 Å². The fraction of sp³-hybridized carbons (Fsp3) is 1.00. The first-order chi connectivity index (χ1) is 9.31. The third-order valence-electron chi connectivity index (χ3n) is 5.04. The van der Waals surface area contributed by atoms with Gasteiger partial charge in [0.25, 0.3) is 0 Å². The van der Waals surface area contributed by atoms with Crippen molar-refractivity contribution in [1.82, 2.24) is 15.1 Å². The van der Waals surface area contributed by atoms with E-state index < -0.39 is 0 Å². The van der Waals surface area contributed by atoms with Crippen LogP contribution in [0.5, 0.6) is 0 Å². The van der Waals surface area contributed by atoms with Crippen molar-refractivity contribution >= 4 is 0 Å². The molecule has 1 unspecified atom stereocenters. The summed E-state index contributed by atoms with van der Waals surface area (Å²) >= 11 is 0. The van der Waals surface area contributed by atoms with Crippen LogP contribution in [-0.2, 0) is 0 Å². The van der Waals surface area contributed by atoms with Crippen LogP contribution >= 0.6 is 0 Å². The molecule has 1 N–H and O–H groups in total. The van der Waals surface area contributed by atoms with Crippen molar-refractivity contribution in [1.29, 1.82) is 0 Å². The molecule has 1 aliphatic carbocycles. The summed E-state index contributed by atoms with van der Waals surface area (Å²) in [6.07, 6.45) is 8.50. The highest BCUT2D eigenvalue weighted by Crippen LogP contribution is 2.24. The van der Waals surface area contributed by atoms with Crippen LogP contribution in [0.4, 0.5) is 0 Å². The van der Waals surface area contributed by atoms with Gasteiger partial charge < -0.3 is 5.32 Å². The van der Waals surface area contributed by atoms with Crippen LogP contribution in [-0.4, -0.2) is 61.2 Å². The van der Waals surface area contributed by atoms with Crippen molar-refractivity contribution < 1.29 is 0 Å². The molecule has 2 rings (SSSR count). The Hall–Kier alpha value is -0.120. The van der Waals surface area contributed by atoms with Crippen molar-refractivity contribution in [2.45, 2.75) is 64.5 Å². The molecule has 19 heavy (non-hydrogen) atoms. The highest BCUT2D eigenvalue weighted by atomic mass is 15.3. The molecule has 0 amide bonds. The van der Waals surface area contributed by atoms with Crippen LogP contribution in [0.25, 0.3) is 0 Å². The molecule has 0 spiro atoms. The number of nitrogens with zero attached hydrogens (tertiary/aromatic N) is 2. The molecule has 1 saturated heterocycles. The van der Waals surface area contributed by atoms with E-state index in [-0.39, 0.29) is 0 Å². The fourth-order valence-corrected chi connectivity index (χ4v) is 3.69. The smallest absolute Gasteiger partial charge is 0.0113 e. The van der Waals surface area contributed by atoms with Crippen molar-refractivity contribution in [3.8, 4) is 0 Å². The monoisotopic (exact) mass is 267 g/mol. The summed E-state index contributed by atoms with van der Waals surface area (Å²) in [4.78, 5) is 5.46. The topological polar surface area (TPSA) is 18.5 Å². The molecule has 0 aromatic carbocycles. The molecule has 2 fully saturated rings. The van der Waals surface area contributed by atoms with E-state index in [0.717, 1.165) is 18.6 Å². The average Bonchev–Trinajstić information content (AvgIpc) is 2.98. The van der Waals surface area contributed by atoms with Gasteiger partial charge >= 0.3 is 0 Å². The van der Waals surface area contributed by atoms with E-state index in [2.05, 4.69) is 29.0 Å². The normalized spacial score (nSPS) is 24.9. The Labute approximate surface area is 119 Å². The van der Waals surface area contributed by atoms with Crippen LogP contribution in [0.1, 0.15) is 52.4 Å². The lowest BCUT2D eigenvalue weighted by Crippen LogP contribution is -2.52. The van der Waals surface area contributed by atoms with Gasteiger partial charge in [-0.25, -0.2) is 0 Å². The van der Waals surface area contributed by atoms with Gasteiger partial charge in [0.2, 0.25) is 0 Å². The van der Waals surface area contributed by atoms with Crippen LogP contribution < -0.4 is 5.32 Å². The van der Waals surface area contributed by atoms with E-state index in [1.807, 2.05) is 0 Å². The first-order valence-electron chi connectivity index (χ1n) is 8.50. The van der Waals surface area contributed by atoms with Gasteiger partial charge in [-0.2, -0.15) is 0 Å². The van der Waals surface area contributed by atoms with Gasteiger partial charge in [-0.05, 0) is 45.7 Å². The standard InChI is InChI=1S/C16H33N3/c1-3-17-10-6-7-15(2)18-11-13-19(14-12-18)16-8-4-5-9-16/h15-17H,3-14H2,1-2H3. The Balaban J connectivity index is 1.61. The lowest BCUT2D eigenvalue weighted by atomic mass is 10.1. The van der Waals surface area contributed by atoms with Crippen molar-refractivity contribution in [2.75, 3.05) is 39.3 Å². The van der Waals surface area contributed by atoms with E-state index in [9.17, 15) is 0 Å². The Morgan fingerprint density at radius 2 is 1.79 bits per heavy atom. The van der Waals surface area contributed by atoms with Gasteiger partial charge in [0.15, 0.2) is 0 Å². The van der Waals surface area contributed by atoms with Gasteiger partial charge in [-0.15, -0.1) is 0 Å². The second-order valence-electron chi connectivity index (χ2n) is 6.36. The molecule has 1 heterocycles. The van der Waals surface area contributed by atoms with Crippen LogP contribution in [0, 0.1) is 0 Å². The van der Waals surface area contributed by atoms with Gasteiger partial charge in [0.05, 0.1) is 0 Å². The van der Waals surface area contributed by atoms with Crippen LogP contribution in [0.3, 0.4) is 0 Å². The highest BCUT2D eigenvalue weighted by molar-refractivity contribution is 4.83. The SMILES string of the molecule is CCNCCCC(C)N1CCN(C2CCCC2)CC1. The average molecular weight is 267 g/mol. The Morgan fingerprint density at radius 1 is 1.11 bits per heavy atom. The minimum absolute atomic E-state index is 0.768. The summed E-state index contributed by atoms with van der Waals surface area (Å²) in [5.41, 5.74) is 0. The summed E-state index contributed by atoms with van der Waals surface area (Å²) < 4.78 is 0. The summed E-state index contributed by atoms with van der Waals surface area (Å²) in [6, 6.07) is 1.69. The first kappa shape index (κ1) is 15.3. The molecular formula is C16H33N3. The predicted molar refractivity (Wildman–Crippen MR) is 82.6 cm³/mol. The molecule has 0 radical (unpaired) electrons. The maximum Gasteiger partial charge on any atom is 0.0113 e. The molecule has 0 aromatic rings. The van der Waals surface area contributed by atoms with E-state index in [0.29, 0.717) is 0 Å². The van der Waals surface area contributed by atoms with Crippen molar-refractivity contribution in [3.05, 3.63) is 0 Å². The zero-order chi connectivity index (χ0) is 13.5. The second-order valence-corrected chi connectivity index (χ2v) is 6.36. The zero-order valence-electron chi connectivity index (χ0n) is 13.0.